The van der Waals surface area contributed by atoms with Crippen LogP contribution in [0.5, 0.6) is 0 Å². The number of nitrogens with one attached hydrogen (secondary N) is 1. The minimum absolute atomic E-state index is 0.000832. The molecule has 1 aromatic carbocycles. The highest BCUT2D eigenvalue weighted by Crippen LogP contribution is 2.22. The number of hydrogen-bond acceptors (Lipinski definition) is 4. The van der Waals surface area contributed by atoms with Crippen LogP contribution in [0.4, 0.5) is 10.1 Å². The molecule has 5 nitrogen and oxygen atoms in total. The lowest BCUT2D eigenvalue weighted by molar-refractivity contribution is -0.132. The van der Waals surface area contributed by atoms with Gasteiger partial charge in [-0.3, -0.25) is 4.79 Å². The molecule has 3 N–H and O–H groups in total. The van der Waals surface area contributed by atoms with Crippen molar-refractivity contribution in [2.24, 2.45) is 5.73 Å². The van der Waals surface area contributed by atoms with Gasteiger partial charge in [0.15, 0.2) is 0 Å². The molecule has 6 heteroatoms. The lowest BCUT2D eigenvalue weighted by Crippen LogP contribution is -2.50. The lowest BCUT2D eigenvalue weighted by atomic mass is 10.0. The number of halogens is 1. The van der Waals surface area contributed by atoms with Crippen LogP contribution >= 0.6 is 0 Å². The van der Waals surface area contributed by atoms with Gasteiger partial charge in [0, 0.05) is 31.4 Å². The van der Waals surface area contributed by atoms with Crippen LogP contribution in [0.15, 0.2) is 24.3 Å². The van der Waals surface area contributed by atoms with E-state index >= 15 is 0 Å². The molecule has 0 saturated carbocycles. The van der Waals surface area contributed by atoms with E-state index in [0.29, 0.717) is 13.1 Å². The number of nitrogens with two attached hydrogens (primary N) is 1. The van der Waals surface area contributed by atoms with Gasteiger partial charge in [-0.15, -0.1) is 0 Å². The minimum Gasteiger partial charge on any atom is -0.369 e. The second-order valence-electron chi connectivity index (χ2n) is 6.33. The van der Waals surface area contributed by atoms with Crippen molar-refractivity contribution >= 4 is 11.6 Å². The highest BCUT2D eigenvalue weighted by molar-refractivity contribution is 5.81. The molecular weight excluding hydrogens is 297 g/mol. The van der Waals surface area contributed by atoms with Crippen molar-refractivity contribution in [2.45, 2.75) is 43.9 Å². The predicted molar refractivity (Wildman–Crippen MR) is 86.7 cm³/mol. The molecule has 23 heavy (non-hydrogen) atoms. The third kappa shape index (κ3) is 4.00. The van der Waals surface area contributed by atoms with Crippen molar-refractivity contribution in [1.82, 2.24) is 5.32 Å². The monoisotopic (exact) mass is 321 g/mol. The van der Waals surface area contributed by atoms with Gasteiger partial charge in [-0.05, 0) is 43.9 Å². The summed E-state index contributed by atoms with van der Waals surface area (Å²) in [6.45, 7) is 2.04. The van der Waals surface area contributed by atoms with E-state index < -0.39 is 0 Å². The Balaban J connectivity index is 1.55. The van der Waals surface area contributed by atoms with Crippen LogP contribution in [-0.2, 0) is 9.53 Å². The quantitative estimate of drug-likeness (QED) is 0.880. The number of carbonyl (C=O) groups excluding carboxylic acids is 1. The minimum atomic E-state index is -0.381. The Morgan fingerprint density at radius 3 is 3.00 bits per heavy atom. The largest absolute Gasteiger partial charge is 0.369 e. The summed E-state index contributed by atoms with van der Waals surface area (Å²) in [6.07, 6.45) is 3.10. The summed E-state index contributed by atoms with van der Waals surface area (Å²) in [5.41, 5.74) is 6.45. The van der Waals surface area contributed by atoms with Crippen molar-refractivity contribution in [1.29, 1.82) is 0 Å². The summed E-state index contributed by atoms with van der Waals surface area (Å²) in [5, 5.41) is 3.08. The second-order valence-corrected chi connectivity index (χ2v) is 6.33. The molecule has 3 atom stereocenters. The van der Waals surface area contributed by atoms with E-state index in [1.165, 1.54) is 12.1 Å². The zero-order valence-electron chi connectivity index (χ0n) is 13.2. The molecule has 0 bridgehead atoms. The Morgan fingerprint density at radius 1 is 1.39 bits per heavy atom. The average Bonchev–Trinajstić information content (AvgIpc) is 3.04. The normalized spacial score (nSPS) is 27.9. The van der Waals surface area contributed by atoms with Crippen LogP contribution in [0.25, 0.3) is 0 Å². The SMILES string of the molecule is NC[C@H]1CC[C@@H](C(=O)NC2CCCN(c3cccc(F)c3)C2)O1. The maximum Gasteiger partial charge on any atom is 0.249 e. The lowest BCUT2D eigenvalue weighted by Gasteiger charge is -2.35. The molecule has 2 saturated heterocycles. The number of hydrogen-bond donors (Lipinski definition) is 2. The van der Waals surface area contributed by atoms with Crippen LogP contribution in [0.2, 0.25) is 0 Å². The summed E-state index contributed by atoms with van der Waals surface area (Å²) in [7, 11) is 0. The molecule has 0 radical (unpaired) electrons. The van der Waals surface area contributed by atoms with Crippen LogP contribution in [-0.4, -0.2) is 43.8 Å². The Bertz CT molecular complexity index is 554. The van der Waals surface area contributed by atoms with Gasteiger partial charge in [-0.2, -0.15) is 0 Å². The van der Waals surface area contributed by atoms with Gasteiger partial charge >= 0.3 is 0 Å². The average molecular weight is 321 g/mol. The maximum atomic E-state index is 13.4. The van der Waals surface area contributed by atoms with Crippen molar-refractivity contribution in [3.8, 4) is 0 Å². The summed E-state index contributed by atoms with van der Waals surface area (Å²) < 4.78 is 19.0. The maximum absolute atomic E-state index is 13.4. The summed E-state index contributed by atoms with van der Waals surface area (Å²) >= 11 is 0. The Hall–Kier alpha value is -1.66. The number of nitrogens with zero attached hydrogens (tertiary/aromatic N) is 1. The molecule has 3 rings (SSSR count). The van der Waals surface area contributed by atoms with E-state index in [4.69, 9.17) is 10.5 Å². The standard InChI is InChI=1S/C17H24FN3O2/c18-12-3-1-5-14(9-12)21-8-2-4-13(11-21)20-17(22)16-7-6-15(10-19)23-16/h1,3,5,9,13,15-16H,2,4,6-8,10-11,19H2,(H,20,22)/t13?,15-,16+/m1/s1. The molecular formula is C17H24FN3O2. The molecule has 1 aromatic rings. The van der Waals surface area contributed by atoms with Crippen molar-refractivity contribution < 1.29 is 13.9 Å². The van der Waals surface area contributed by atoms with Crippen LogP contribution in [0, 0.1) is 5.82 Å². The van der Waals surface area contributed by atoms with Gasteiger partial charge in [0.1, 0.15) is 11.9 Å². The first kappa shape index (κ1) is 16.2. The zero-order valence-corrected chi connectivity index (χ0v) is 13.2. The smallest absolute Gasteiger partial charge is 0.249 e. The van der Waals surface area contributed by atoms with E-state index in [1.807, 2.05) is 6.07 Å². The molecule has 126 valence electrons. The first-order valence-electron chi connectivity index (χ1n) is 8.32. The summed E-state index contributed by atoms with van der Waals surface area (Å²) in [4.78, 5) is 14.4. The van der Waals surface area contributed by atoms with Gasteiger partial charge < -0.3 is 20.7 Å². The van der Waals surface area contributed by atoms with E-state index in [-0.39, 0.29) is 30.0 Å². The number of anilines is 1. The molecule has 2 heterocycles. The summed E-state index contributed by atoms with van der Waals surface area (Å²) in [6, 6.07) is 6.67. The van der Waals surface area contributed by atoms with Gasteiger partial charge in [-0.25, -0.2) is 4.39 Å². The van der Waals surface area contributed by atoms with E-state index in [2.05, 4.69) is 10.2 Å². The van der Waals surface area contributed by atoms with Gasteiger partial charge in [0.25, 0.3) is 0 Å². The number of ether oxygens (including phenoxy) is 1. The number of benzene rings is 1. The van der Waals surface area contributed by atoms with Crippen molar-refractivity contribution in [3.05, 3.63) is 30.1 Å². The van der Waals surface area contributed by atoms with E-state index in [1.54, 1.807) is 6.07 Å². The van der Waals surface area contributed by atoms with E-state index in [9.17, 15) is 9.18 Å². The van der Waals surface area contributed by atoms with Gasteiger partial charge in [0.2, 0.25) is 5.91 Å². The fourth-order valence-electron chi connectivity index (χ4n) is 3.37. The number of piperidine rings is 1. The summed E-state index contributed by atoms with van der Waals surface area (Å²) in [5.74, 6) is -0.284. The number of amides is 1. The predicted octanol–water partition coefficient (Wildman–Crippen LogP) is 1.42. The van der Waals surface area contributed by atoms with Crippen LogP contribution in [0.3, 0.4) is 0 Å². The molecule has 0 spiro atoms. The van der Waals surface area contributed by atoms with Crippen LogP contribution in [0.1, 0.15) is 25.7 Å². The molecule has 0 aliphatic carbocycles. The zero-order chi connectivity index (χ0) is 16.2. The fourth-order valence-corrected chi connectivity index (χ4v) is 3.37. The molecule has 0 aromatic heterocycles. The van der Waals surface area contributed by atoms with Gasteiger partial charge in [-0.1, -0.05) is 6.07 Å². The molecule has 2 aliphatic heterocycles. The first-order chi connectivity index (χ1) is 11.2. The highest BCUT2D eigenvalue weighted by Gasteiger charge is 2.31. The van der Waals surface area contributed by atoms with E-state index in [0.717, 1.165) is 37.9 Å². The van der Waals surface area contributed by atoms with Crippen molar-refractivity contribution in [3.63, 3.8) is 0 Å². The third-order valence-corrected chi connectivity index (χ3v) is 4.60. The Morgan fingerprint density at radius 2 is 2.26 bits per heavy atom. The highest BCUT2D eigenvalue weighted by atomic mass is 19.1. The Kier molecular flexibility index (Phi) is 5.13. The van der Waals surface area contributed by atoms with Gasteiger partial charge in [0.05, 0.1) is 6.10 Å². The molecule has 1 amide bonds. The Labute approximate surface area is 136 Å². The number of carbonyl (C=O) groups is 1. The topological polar surface area (TPSA) is 67.6 Å². The van der Waals surface area contributed by atoms with Crippen LogP contribution < -0.4 is 16.0 Å². The third-order valence-electron chi connectivity index (χ3n) is 4.60. The molecule has 1 unspecified atom stereocenters. The second kappa shape index (κ2) is 7.27. The first-order valence-corrected chi connectivity index (χ1v) is 8.32. The fraction of sp³-hybridized carbons (Fsp3) is 0.588. The van der Waals surface area contributed by atoms with Crippen molar-refractivity contribution in [2.75, 3.05) is 24.5 Å². The molecule has 2 aliphatic rings. The number of rotatable bonds is 4. The molecule has 2 fully saturated rings.